The lowest BCUT2D eigenvalue weighted by Gasteiger charge is -2.35. The van der Waals surface area contributed by atoms with Gasteiger partial charge in [0.05, 0.1) is 12.6 Å². The van der Waals surface area contributed by atoms with Crippen molar-refractivity contribution in [3.63, 3.8) is 0 Å². The first-order valence-corrected chi connectivity index (χ1v) is 8.83. The zero-order chi connectivity index (χ0) is 16.4. The Balaban J connectivity index is 1.86. The van der Waals surface area contributed by atoms with Gasteiger partial charge < -0.3 is 9.26 Å². The molecule has 5 nitrogen and oxygen atoms in total. The molecule has 2 bridgehead atoms. The molecule has 2 atom stereocenters. The summed E-state index contributed by atoms with van der Waals surface area (Å²) in [6.45, 7) is 4.35. The zero-order valence-electron chi connectivity index (χ0n) is 13.7. The number of amides is 1. The molecule has 0 aromatic carbocycles. The molecule has 0 aliphatic carbocycles. The smallest absolute Gasteiger partial charge is 0.410 e. The molecular weight excluding hydrogens is 316 g/mol. The molecule has 0 N–H and O–H groups in total. The highest BCUT2D eigenvalue weighted by atomic mass is 35.5. The molecular formula is C17H23ClN2O3. The van der Waals surface area contributed by atoms with Gasteiger partial charge in [0.25, 0.3) is 0 Å². The molecule has 1 fully saturated rings. The number of aromatic nitrogens is 1. The van der Waals surface area contributed by atoms with Crippen LogP contribution in [-0.2, 0) is 11.2 Å². The lowest BCUT2D eigenvalue weighted by atomic mass is 9.98. The van der Waals surface area contributed by atoms with Crippen LogP contribution in [0.1, 0.15) is 57.4 Å². The van der Waals surface area contributed by atoms with Crippen molar-refractivity contribution in [2.45, 2.75) is 64.5 Å². The zero-order valence-corrected chi connectivity index (χ0v) is 14.4. The molecule has 2 aliphatic heterocycles. The van der Waals surface area contributed by atoms with Crippen molar-refractivity contribution in [3.8, 4) is 0 Å². The second-order valence-corrected chi connectivity index (χ2v) is 6.61. The fourth-order valence-electron chi connectivity index (χ4n) is 3.56. The molecule has 1 amide bonds. The summed E-state index contributed by atoms with van der Waals surface area (Å²) >= 11 is 6.53. The quantitative estimate of drug-likeness (QED) is 0.800. The summed E-state index contributed by atoms with van der Waals surface area (Å²) in [4.78, 5) is 14.1. The third-order valence-corrected chi connectivity index (χ3v) is 4.99. The molecule has 6 heteroatoms. The van der Waals surface area contributed by atoms with Crippen molar-refractivity contribution in [2.75, 3.05) is 6.61 Å². The maximum atomic E-state index is 12.3. The van der Waals surface area contributed by atoms with E-state index >= 15 is 0 Å². The summed E-state index contributed by atoms with van der Waals surface area (Å²) < 4.78 is 10.7. The summed E-state index contributed by atoms with van der Waals surface area (Å²) in [5.41, 5.74) is 1.70. The number of halogens is 1. The van der Waals surface area contributed by atoms with E-state index in [0.717, 1.165) is 54.2 Å². The van der Waals surface area contributed by atoms with E-state index in [4.69, 9.17) is 20.9 Å². The van der Waals surface area contributed by atoms with E-state index in [0.29, 0.717) is 13.0 Å². The Morgan fingerprint density at radius 2 is 2.30 bits per heavy atom. The lowest BCUT2D eigenvalue weighted by molar-refractivity contribution is 0.0937. The van der Waals surface area contributed by atoms with Crippen LogP contribution in [0.3, 0.4) is 0 Å². The van der Waals surface area contributed by atoms with E-state index in [1.807, 2.05) is 17.9 Å². The van der Waals surface area contributed by atoms with Gasteiger partial charge in [0.15, 0.2) is 0 Å². The Morgan fingerprint density at radius 3 is 3.04 bits per heavy atom. The fourth-order valence-corrected chi connectivity index (χ4v) is 3.96. The standard InChI is InChI=1S/C17H23ClN2O3/c1-3-5-6-12-10-14(19-23-12)16-13(18)9-11-7-8-15(16)20(11)17(21)22-4-2/h10-11,15H,3-9H2,1-2H3. The van der Waals surface area contributed by atoms with Gasteiger partial charge in [-0.15, -0.1) is 0 Å². The van der Waals surface area contributed by atoms with E-state index in [-0.39, 0.29) is 18.2 Å². The first kappa shape index (κ1) is 16.4. The van der Waals surface area contributed by atoms with Crippen molar-refractivity contribution >= 4 is 23.3 Å². The number of aryl methyl sites for hydroxylation is 1. The Bertz CT molecular complexity index is 611. The van der Waals surface area contributed by atoms with Gasteiger partial charge in [0, 0.05) is 35.6 Å². The molecule has 126 valence electrons. The summed E-state index contributed by atoms with van der Waals surface area (Å²) in [7, 11) is 0. The molecule has 23 heavy (non-hydrogen) atoms. The van der Waals surface area contributed by atoms with E-state index in [1.54, 1.807) is 0 Å². The van der Waals surface area contributed by atoms with Crippen LogP contribution in [0.15, 0.2) is 15.6 Å². The summed E-state index contributed by atoms with van der Waals surface area (Å²) in [5.74, 6) is 0.877. The number of unbranched alkanes of at least 4 members (excludes halogenated alkanes) is 1. The van der Waals surface area contributed by atoms with Crippen LogP contribution < -0.4 is 0 Å². The number of fused-ring (bicyclic) bond motifs is 2. The largest absolute Gasteiger partial charge is 0.450 e. The second kappa shape index (κ2) is 6.95. The predicted octanol–water partition coefficient (Wildman–Crippen LogP) is 4.36. The second-order valence-electron chi connectivity index (χ2n) is 6.16. The third-order valence-electron chi connectivity index (χ3n) is 4.63. The molecule has 0 radical (unpaired) electrons. The molecule has 2 unspecified atom stereocenters. The van der Waals surface area contributed by atoms with Gasteiger partial charge in [-0.2, -0.15) is 0 Å². The van der Waals surface area contributed by atoms with E-state index in [2.05, 4.69) is 12.1 Å². The number of nitrogens with zero attached hydrogens (tertiary/aromatic N) is 2. The average molecular weight is 339 g/mol. The first-order chi connectivity index (χ1) is 11.2. The highest BCUT2D eigenvalue weighted by Crippen LogP contribution is 2.44. The van der Waals surface area contributed by atoms with Crippen LogP contribution in [0.2, 0.25) is 0 Å². The van der Waals surface area contributed by atoms with Crippen LogP contribution in [0, 0.1) is 0 Å². The Labute approximate surface area is 141 Å². The topological polar surface area (TPSA) is 55.6 Å². The summed E-state index contributed by atoms with van der Waals surface area (Å²) in [6.07, 6.45) is 5.32. The number of rotatable bonds is 5. The SMILES string of the molecule is CCCCc1cc(C2=C(Cl)CC3CCC2N3C(=O)OCC)no1. The van der Waals surface area contributed by atoms with Crippen molar-refractivity contribution in [3.05, 3.63) is 22.6 Å². The minimum Gasteiger partial charge on any atom is -0.450 e. The molecule has 0 spiro atoms. The minimum absolute atomic E-state index is 0.0515. The maximum absolute atomic E-state index is 12.3. The Morgan fingerprint density at radius 1 is 1.48 bits per heavy atom. The van der Waals surface area contributed by atoms with Gasteiger partial charge in [0.1, 0.15) is 11.5 Å². The van der Waals surface area contributed by atoms with Gasteiger partial charge in [-0.1, -0.05) is 30.1 Å². The van der Waals surface area contributed by atoms with Gasteiger partial charge in [-0.05, 0) is 26.2 Å². The van der Waals surface area contributed by atoms with Crippen molar-refractivity contribution in [1.82, 2.24) is 10.1 Å². The average Bonchev–Trinajstić information content (AvgIpc) is 3.10. The van der Waals surface area contributed by atoms with Gasteiger partial charge in [0.2, 0.25) is 0 Å². The fraction of sp³-hybridized carbons (Fsp3) is 0.647. The molecule has 1 aromatic heterocycles. The molecule has 2 aliphatic rings. The predicted molar refractivity (Wildman–Crippen MR) is 88.2 cm³/mol. The maximum Gasteiger partial charge on any atom is 0.410 e. The van der Waals surface area contributed by atoms with Gasteiger partial charge >= 0.3 is 6.09 Å². The van der Waals surface area contributed by atoms with Crippen LogP contribution in [-0.4, -0.2) is 34.8 Å². The van der Waals surface area contributed by atoms with Gasteiger partial charge in [-0.3, -0.25) is 4.90 Å². The highest BCUT2D eigenvalue weighted by molar-refractivity contribution is 6.33. The molecule has 3 heterocycles. The lowest BCUT2D eigenvalue weighted by Crippen LogP contribution is -2.44. The summed E-state index contributed by atoms with van der Waals surface area (Å²) in [6, 6.07) is 2.06. The van der Waals surface area contributed by atoms with E-state index in [9.17, 15) is 4.79 Å². The Kier molecular flexibility index (Phi) is 4.95. The number of hydrogen-bond donors (Lipinski definition) is 0. The number of ether oxygens (including phenoxy) is 1. The van der Waals surface area contributed by atoms with Crippen molar-refractivity contribution < 1.29 is 14.1 Å². The minimum atomic E-state index is -0.253. The number of carbonyl (C=O) groups excluding carboxylic acids is 1. The molecule has 1 saturated heterocycles. The first-order valence-electron chi connectivity index (χ1n) is 8.45. The van der Waals surface area contributed by atoms with Crippen LogP contribution in [0.4, 0.5) is 4.79 Å². The molecule has 3 rings (SSSR count). The van der Waals surface area contributed by atoms with Gasteiger partial charge in [-0.25, -0.2) is 4.79 Å². The van der Waals surface area contributed by atoms with Crippen molar-refractivity contribution in [1.29, 1.82) is 0 Å². The highest BCUT2D eigenvalue weighted by Gasteiger charge is 2.45. The number of hydrogen-bond acceptors (Lipinski definition) is 4. The van der Waals surface area contributed by atoms with Crippen LogP contribution >= 0.6 is 11.6 Å². The monoisotopic (exact) mass is 338 g/mol. The molecule has 0 saturated carbocycles. The number of carbonyl (C=O) groups is 1. The molecule has 1 aromatic rings. The normalized spacial score (nSPS) is 23.5. The Hall–Kier alpha value is -1.49. The van der Waals surface area contributed by atoms with Crippen molar-refractivity contribution in [2.24, 2.45) is 0 Å². The van der Waals surface area contributed by atoms with Crippen LogP contribution in [0.25, 0.3) is 5.57 Å². The summed E-state index contributed by atoms with van der Waals surface area (Å²) in [5, 5.41) is 5.00. The van der Waals surface area contributed by atoms with Crippen LogP contribution in [0.5, 0.6) is 0 Å². The van der Waals surface area contributed by atoms with E-state index in [1.165, 1.54) is 0 Å². The van der Waals surface area contributed by atoms with E-state index < -0.39 is 0 Å². The third kappa shape index (κ3) is 3.11.